The van der Waals surface area contributed by atoms with Crippen LogP contribution in [0.5, 0.6) is 5.75 Å². The van der Waals surface area contributed by atoms with Crippen LogP contribution in [-0.4, -0.2) is 38.2 Å². The third-order valence-corrected chi connectivity index (χ3v) is 3.24. The molecule has 2 amide bonds. The maximum Gasteiger partial charge on any atom is 0.337 e. The smallest absolute Gasteiger partial charge is 0.337 e. The van der Waals surface area contributed by atoms with Gasteiger partial charge in [0.05, 0.1) is 26.0 Å². The van der Waals surface area contributed by atoms with Crippen molar-refractivity contribution in [2.45, 2.75) is 0 Å². The number of nitrogens with one attached hydrogen (secondary N) is 2. The SMILES string of the molecule is COC(=O)c1ccc(NC(=O)C(=O)N/N=C\c2cccc(OC)c2)cc1. The van der Waals surface area contributed by atoms with Crippen LogP contribution in [0.1, 0.15) is 15.9 Å². The van der Waals surface area contributed by atoms with Gasteiger partial charge in [0.1, 0.15) is 5.75 Å². The first-order valence-electron chi connectivity index (χ1n) is 7.50. The molecule has 0 saturated heterocycles. The van der Waals surface area contributed by atoms with Gasteiger partial charge < -0.3 is 14.8 Å². The second-order valence-corrected chi connectivity index (χ2v) is 5.00. The lowest BCUT2D eigenvalue weighted by Gasteiger charge is -2.05. The predicted molar refractivity (Wildman–Crippen MR) is 95.1 cm³/mol. The maximum atomic E-state index is 11.8. The van der Waals surface area contributed by atoms with Crippen LogP contribution in [0.25, 0.3) is 0 Å². The van der Waals surface area contributed by atoms with Crippen molar-refractivity contribution in [2.24, 2.45) is 5.10 Å². The van der Waals surface area contributed by atoms with E-state index in [1.165, 1.54) is 37.6 Å². The van der Waals surface area contributed by atoms with Gasteiger partial charge in [-0.3, -0.25) is 9.59 Å². The summed E-state index contributed by atoms with van der Waals surface area (Å²) in [4.78, 5) is 34.9. The van der Waals surface area contributed by atoms with Crippen LogP contribution in [0.3, 0.4) is 0 Å². The summed E-state index contributed by atoms with van der Waals surface area (Å²) < 4.78 is 9.65. The summed E-state index contributed by atoms with van der Waals surface area (Å²) in [7, 11) is 2.81. The summed E-state index contributed by atoms with van der Waals surface area (Å²) in [6, 6.07) is 12.9. The fraction of sp³-hybridized carbons (Fsp3) is 0.111. The van der Waals surface area contributed by atoms with Gasteiger partial charge in [0, 0.05) is 5.69 Å². The van der Waals surface area contributed by atoms with Gasteiger partial charge in [0.15, 0.2) is 0 Å². The summed E-state index contributed by atoms with van der Waals surface area (Å²) in [5.41, 5.74) is 3.52. The van der Waals surface area contributed by atoms with Gasteiger partial charge in [-0.15, -0.1) is 0 Å². The molecule has 0 heterocycles. The van der Waals surface area contributed by atoms with Gasteiger partial charge in [-0.1, -0.05) is 12.1 Å². The first-order valence-corrected chi connectivity index (χ1v) is 7.50. The number of rotatable bonds is 5. The lowest BCUT2D eigenvalue weighted by atomic mass is 10.2. The second kappa shape index (κ2) is 8.97. The van der Waals surface area contributed by atoms with Gasteiger partial charge in [-0.05, 0) is 42.0 Å². The fourth-order valence-corrected chi connectivity index (χ4v) is 1.93. The van der Waals surface area contributed by atoms with Crippen LogP contribution in [0.4, 0.5) is 5.69 Å². The average molecular weight is 355 g/mol. The van der Waals surface area contributed by atoms with Crippen molar-refractivity contribution >= 4 is 29.7 Å². The molecular weight excluding hydrogens is 338 g/mol. The van der Waals surface area contributed by atoms with Crippen molar-refractivity contribution in [2.75, 3.05) is 19.5 Å². The number of hydrogen-bond donors (Lipinski definition) is 2. The second-order valence-electron chi connectivity index (χ2n) is 5.00. The van der Waals surface area contributed by atoms with E-state index in [0.29, 0.717) is 22.6 Å². The molecule has 0 aliphatic rings. The summed E-state index contributed by atoms with van der Waals surface area (Å²) >= 11 is 0. The standard InChI is InChI=1S/C18H17N3O5/c1-25-15-5-3-4-12(10-15)11-19-21-17(23)16(22)20-14-8-6-13(7-9-14)18(24)26-2/h3-11H,1-2H3,(H,20,22)(H,21,23)/b19-11-. The zero-order chi connectivity index (χ0) is 18.9. The number of amides is 2. The van der Waals surface area contributed by atoms with E-state index in [0.717, 1.165) is 0 Å². The van der Waals surface area contributed by atoms with E-state index in [1.807, 2.05) is 0 Å². The van der Waals surface area contributed by atoms with E-state index in [4.69, 9.17) is 4.74 Å². The highest BCUT2D eigenvalue weighted by molar-refractivity contribution is 6.39. The van der Waals surface area contributed by atoms with E-state index < -0.39 is 17.8 Å². The summed E-state index contributed by atoms with van der Waals surface area (Å²) in [6.07, 6.45) is 1.39. The van der Waals surface area contributed by atoms with Crippen molar-refractivity contribution < 1.29 is 23.9 Å². The van der Waals surface area contributed by atoms with Gasteiger partial charge in [-0.25, -0.2) is 10.2 Å². The van der Waals surface area contributed by atoms with Crippen LogP contribution in [0.2, 0.25) is 0 Å². The molecule has 0 atom stereocenters. The number of benzene rings is 2. The van der Waals surface area contributed by atoms with Gasteiger partial charge >= 0.3 is 17.8 Å². The van der Waals surface area contributed by atoms with Crippen LogP contribution in [0, 0.1) is 0 Å². The largest absolute Gasteiger partial charge is 0.497 e. The molecule has 2 rings (SSSR count). The number of carbonyl (C=O) groups excluding carboxylic acids is 3. The Morgan fingerprint density at radius 3 is 2.38 bits per heavy atom. The Labute approximate surface area is 149 Å². The zero-order valence-electron chi connectivity index (χ0n) is 14.2. The number of esters is 1. The number of anilines is 1. The Kier molecular flexibility index (Phi) is 6.44. The molecule has 0 spiro atoms. The molecular formula is C18H17N3O5. The van der Waals surface area contributed by atoms with Crippen LogP contribution in [-0.2, 0) is 14.3 Å². The van der Waals surface area contributed by atoms with Crippen LogP contribution < -0.4 is 15.5 Å². The first-order chi connectivity index (χ1) is 12.5. The summed E-state index contributed by atoms with van der Waals surface area (Å²) in [5.74, 6) is -1.67. The third-order valence-electron chi connectivity index (χ3n) is 3.24. The minimum atomic E-state index is -0.929. The molecule has 0 aliphatic carbocycles. The average Bonchev–Trinajstić information content (AvgIpc) is 2.68. The number of ether oxygens (including phenoxy) is 2. The Bertz CT molecular complexity index is 831. The molecule has 0 bridgehead atoms. The minimum absolute atomic E-state index is 0.331. The Hall–Kier alpha value is -3.68. The number of nitrogens with zero attached hydrogens (tertiary/aromatic N) is 1. The lowest BCUT2D eigenvalue weighted by molar-refractivity contribution is -0.136. The van der Waals surface area contributed by atoms with Crippen molar-refractivity contribution in [3.05, 3.63) is 59.7 Å². The highest BCUT2D eigenvalue weighted by Gasteiger charge is 2.13. The highest BCUT2D eigenvalue weighted by atomic mass is 16.5. The Balaban J connectivity index is 1.90. The Morgan fingerprint density at radius 2 is 1.73 bits per heavy atom. The molecule has 8 nitrogen and oxygen atoms in total. The van der Waals surface area contributed by atoms with Gasteiger partial charge in [0.2, 0.25) is 0 Å². The number of carbonyl (C=O) groups is 3. The summed E-state index contributed by atoms with van der Waals surface area (Å²) in [6.45, 7) is 0. The van der Waals surface area contributed by atoms with Gasteiger partial charge in [-0.2, -0.15) is 5.10 Å². The monoisotopic (exact) mass is 355 g/mol. The van der Waals surface area contributed by atoms with Crippen molar-refractivity contribution in [1.82, 2.24) is 5.43 Å². The molecule has 0 saturated carbocycles. The molecule has 0 fully saturated rings. The molecule has 26 heavy (non-hydrogen) atoms. The van der Waals surface area contributed by atoms with Crippen LogP contribution in [0.15, 0.2) is 53.6 Å². The number of hydrogen-bond acceptors (Lipinski definition) is 6. The topological polar surface area (TPSA) is 106 Å². The number of methoxy groups -OCH3 is 2. The first kappa shape index (κ1) is 18.7. The van der Waals surface area contributed by atoms with E-state index in [9.17, 15) is 14.4 Å². The Morgan fingerprint density at radius 1 is 1.00 bits per heavy atom. The van der Waals surface area contributed by atoms with Gasteiger partial charge in [0.25, 0.3) is 0 Å². The molecule has 2 aromatic carbocycles. The van der Waals surface area contributed by atoms with Crippen molar-refractivity contribution in [3.63, 3.8) is 0 Å². The molecule has 134 valence electrons. The maximum absolute atomic E-state index is 11.8. The molecule has 2 N–H and O–H groups in total. The van der Waals surface area contributed by atoms with Crippen molar-refractivity contribution in [1.29, 1.82) is 0 Å². The number of hydrazone groups is 1. The minimum Gasteiger partial charge on any atom is -0.497 e. The van der Waals surface area contributed by atoms with E-state index in [1.54, 1.807) is 31.4 Å². The quantitative estimate of drug-likeness (QED) is 0.366. The molecule has 2 aromatic rings. The van der Waals surface area contributed by atoms with Crippen molar-refractivity contribution in [3.8, 4) is 5.75 Å². The zero-order valence-corrected chi connectivity index (χ0v) is 14.2. The van der Waals surface area contributed by atoms with E-state index in [-0.39, 0.29) is 0 Å². The molecule has 0 aromatic heterocycles. The normalized spacial score (nSPS) is 10.2. The predicted octanol–water partition coefficient (Wildman–Crippen LogP) is 1.57. The fourth-order valence-electron chi connectivity index (χ4n) is 1.93. The van der Waals surface area contributed by atoms with E-state index >= 15 is 0 Å². The summed E-state index contributed by atoms with van der Waals surface area (Å²) in [5, 5.41) is 6.12. The van der Waals surface area contributed by atoms with E-state index in [2.05, 4.69) is 20.6 Å². The lowest BCUT2D eigenvalue weighted by Crippen LogP contribution is -2.32. The molecule has 8 heteroatoms. The highest BCUT2D eigenvalue weighted by Crippen LogP contribution is 2.11. The van der Waals surface area contributed by atoms with Crippen LogP contribution >= 0.6 is 0 Å². The third kappa shape index (κ3) is 5.17. The molecule has 0 unspecified atom stereocenters. The molecule has 0 radical (unpaired) electrons. The molecule has 0 aliphatic heterocycles.